The van der Waals surface area contributed by atoms with Crippen LogP contribution in [0.3, 0.4) is 0 Å². The molecule has 246 valence electrons. The van der Waals surface area contributed by atoms with E-state index in [0.717, 1.165) is 87.9 Å². The molecule has 0 spiro atoms. The summed E-state index contributed by atoms with van der Waals surface area (Å²) in [4.78, 5) is 43.3. The van der Waals surface area contributed by atoms with E-state index in [4.69, 9.17) is 36.8 Å². The molecule has 13 heteroatoms. The van der Waals surface area contributed by atoms with Crippen molar-refractivity contribution >= 4 is 35.5 Å². The summed E-state index contributed by atoms with van der Waals surface area (Å²) in [6.45, 7) is 9.48. The van der Waals surface area contributed by atoms with Crippen LogP contribution in [0.15, 0.2) is 66.8 Å². The first-order valence-corrected chi connectivity index (χ1v) is 14.7. The van der Waals surface area contributed by atoms with Crippen LogP contribution < -0.4 is 4.74 Å². The molecule has 0 unspecified atom stereocenters. The lowest BCUT2D eigenvalue weighted by Crippen LogP contribution is -2.46. The monoisotopic (exact) mass is 648 g/mol. The van der Waals surface area contributed by atoms with Gasteiger partial charge in [-0.2, -0.15) is 0 Å². The molecule has 12 nitrogen and oxygen atoms in total. The van der Waals surface area contributed by atoms with E-state index in [1.165, 1.54) is 5.56 Å². The summed E-state index contributed by atoms with van der Waals surface area (Å²) < 4.78 is 5.88. The maximum Gasteiger partial charge on any atom is 0.328 e. The van der Waals surface area contributed by atoms with Gasteiger partial charge in [-0.05, 0) is 67.3 Å². The van der Waals surface area contributed by atoms with Crippen molar-refractivity contribution in [1.29, 1.82) is 0 Å². The number of carboxylic acids is 4. The molecule has 1 saturated heterocycles. The number of rotatable bonds is 14. The van der Waals surface area contributed by atoms with E-state index in [1.807, 2.05) is 24.3 Å². The van der Waals surface area contributed by atoms with Gasteiger partial charge in [0.1, 0.15) is 11.5 Å². The SMILES string of the molecule is CCCc1cc(OCCCCN2CCN(Cc3ccc(Cl)cc3)CC2)ccc1O.O=C(O)/C=C\C(=O)O.O=C(O)/C=C\C(=O)O. The molecule has 2 aromatic carbocycles. The summed E-state index contributed by atoms with van der Waals surface area (Å²) in [5.41, 5.74) is 2.30. The molecule has 3 rings (SSSR count). The van der Waals surface area contributed by atoms with E-state index in [2.05, 4.69) is 28.9 Å². The number of piperazine rings is 1. The smallest absolute Gasteiger partial charge is 0.328 e. The number of nitrogens with zero attached hydrogens (tertiary/aromatic N) is 2. The minimum absolute atomic E-state index is 0.370. The number of halogens is 1. The van der Waals surface area contributed by atoms with Gasteiger partial charge in [-0.15, -0.1) is 0 Å². The molecular weight excluding hydrogens is 608 g/mol. The van der Waals surface area contributed by atoms with E-state index < -0.39 is 23.9 Å². The summed E-state index contributed by atoms with van der Waals surface area (Å²) >= 11 is 5.97. The minimum atomic E-state index is -1.26. The molecule has 1 fully saturated rings. The Hall–Kier alpha value is -4.39. The highest BCUT2D eigenvalue weighted by Crippen LogP contribution is 2.24. The molecule has 0 aromatic heterocycles. The maximum atomic E-state index is 9.86. The molecule has 1 aliphatic heterocycles. The van der Waals surface area contributed by atoms with Gasteiger partial charge in [0.05, 0.1) is 6.61 Å². The number of aliphatic carboxylic acids is 4. The Morgan fingerprint density at radius 2 is 1.29 bits per heavy atom. The van der Waals surface area contributed by atoms with Gasteiger partial charge in [0.2, 0.25) is 0 Å². The summed E-state index contributed by atoms with van der Waals surface area (Å²) in [5.74, 6) is -3.80. The lowest BCUT2D eigenvalue weighted by Gasteiger charge is -2.34. The minimum Gasteiger partial charge on any atom is -0.508 e. The van der Waals surface area contributed by atoms with Gasteiger partial charge in [-0.25, -0.2) is 19.2 Å². The first-order chi connectivity index (χ1) is 21.4. The Morgan fingerprint density at radius 3 is 1.78 bits per heavy atom. The van der Waals surface area contributed by atoms with Crippen molar-refractivity contribution in [3.8, 4) is 11.5 Å². The van der Waals surface area contributed by atoms with Crippen molar-refractivity contribution in [2.24, 2.45) is 0 Å². The van der Waals surface area contributed by atoms with Crippen LogP contribution >= 0.6 is 11.6 Å². The van der Waals surface area contributed by atoms with Crippen molar-refractivity contribution in [1.82, 2.24) is 9.80 Å². The topological polar surface area (TPSA) is 185 Å². The Morgan fingerprint density at radius 1 is 0.778 bits per heavy atom. The molecule has 45 heavy (non-hydrogen) atoms. The van der Waals surface area contributed by atoms with E-state index in [1.54, 1.807) is 6.07 Å². The number of unbranched alkanes of at least 4 members (excludes halogenated alkanes) is 1. The molecule has 1 aliphatic rings. The number of phenols is 1. The van der Waals surface area contributed by atoms with Crippen LogP contribution in [0, 0.1) is 0 Å². The fourth-order valence-corrected chi connectivity index (χ4v) is 4.18. The number of hydrogen-bond acceptors (Lipinski definition) is 8. The number of ether oxygens (including phenoxy) is 1. The second-order valence-corrected chi connectivity index (χ2v) is 10.3. The highest BCUT2D eigenvalue weighted by atomic mass is 35.5. The van der Waals surface area contributed by atoms with Crippen molar-refractivity contribution in [3.63, 3.8) is 0 Å². The number of carbonyl (C=O) groups is 4. The lowest BCUT2D eigenvalue weighted by molar-refractivity contribution is -0.134. The second-order valence-electron chi connectivity index (χ2n) is 9.86. The zero-order chi connectivity index (χ0) is 33.6. The van der Waals surface area contributed by atoms with Gasteiger partial charge in [-0.3, -0.25) is 4.90 Å². The van der Waals surface area contributed by atoms with Crippen molar-refractivity contribution in [2.45, 2.75) is 39.2 Å². The van der Waals surface area contributed by atoms with Gasteiger partial charge in [0.15, 0.2) is 0 Å². The Balaban J connectivity index is 0.000000521. The number of phenolic OH excluding ortho intramolecular Hbond substituents is 1. The molecule has 5 N–H and O–H groups in total. The molecule has 1 heterocycles. The van der Waals surface area contributed by atoms with Gasteiger partial charge < -0.3 is 35.2 Å². The molecular formula is C32H41ClN2O10. The summed E-state index contributed by atoms with van der Waals surface area (Å²) in [6.07, 6.45) is 6.33. The average Bonchev–Trinajstić information content (AvgIpc) is 2.99. The molecule has 2 aromatic rings. The van der Waals surface area contributed by atoms with Crippen molar-refractivity contribution in [3.05, 3.63) is 82.9 Å². The normalized spacial score (nSPS) is 13.4. The third kappa shape index (κ3) is 19.5. The Bertz CT molecular complexity index is 1210. The van der Waals surface area contributed by atoms with Gasteiger partial charge in [0.25, 0.3) is 0 Å². The standard InChI is InChI=1S/C24H33ClN2O2.2C4H4O4/c1-2-5-21-18-23(10-11-24(21)28)29-17-4-3-12-26-13-15-27(16-14-26)19-20-6-8-22(25)9-7-20;2*5-3(6)1-2-4(7)8/h6-11,18,28H,2-5,12-17,19H2,1H3;2*1-2H,(H,5,6)(H,7,8)/b;2*2-1-. The van der Waals surface area contributed by atoms with Crippen LogP contribution in [0.1, 0.15) is 37.3 Å². The van der Waals surface area contributed by atoms with E-state index >= 15 is 0 Å². The number of aromatic hydroxyl groups is 1. The van der Waals surface area contributed by atoms with Crippen molar-refractivity contribution < 1.29 is 49.4 Å². The lowest BCUT2D eigenvalue weighted by atomic mass is 10.1. The fourth-order valence-electron chi connectivity index (χ4n) is 4.05. The van der Waals surface area contributed by atoms with Gasteiger partial charge in [0, 0.05) is 62.1 Å². The predicted octanol–water partition coefficient (Wildman–Crippen LogP) is 4.40. The van der Waals surface area contributed by atoms with Crippen LogP contribution in [0.25, 0.3) is 0 Å². The quantitative estimate of drug-likeness (QED) is 0.144. The van der Waals surface area contributed by atoms with Gasteiger partial charge >= 0.3 is 23.9 Å². The van der Waals surface area contributed by atoms with E-state index in [-0.39, 0.29) is 0 Å². The molecule has 0 bridgehead atoms. The second kappa shape index (κ2) is 22.2. The highest BCUT2D eigenvalue weighted by Gasteiger charge is 2.16. The third-order valence-corrected chi connectivity index (χ3v) is 6.48. The largest absolute Gasteiger partial charge is 0.508 e. The van der Waals surface area contributed by atoms with Crippen molar-refractivity contribution in [2.75, 3.05) is 39.3 Å². The summed E-state index contributed by atoms with van der Waals surface area (Å²) in [5, 5.41) is 41.9. The van der Waals surface area contributed by atoms with E-state index in [9.17, 15) is 24.3 Å². The molecule has 0 amide bonds. The Kier molecular flexibility index (Phi) is 19.0. The van der Waals surface area contributed by atoms with E-state index in [0.29, 0.717) is 30.1 Å². The number of benzene rings is 2. The zero-order valence-corrected chi connectivity index (χ0v) is 25.9. The fraction of sp³-hybridized carbons (Fsp3) is 0.375. The summed E-state index contributed by atoms with van der Waals surface area (Å²) in [6, 6.07) is 13.7. The first kappa shape index (κ1) is 38.6. The van der Waals surface area contributed by atoms with Crippen LogP contribution in [0.5, 0.6) is 11.5 Å². The molecule has 0 saturated carbocycles. The Labute approximate surface area is 267 Å². The third-order valence-electron chi connectivity index (χ3n) is 6.23. The number of aryl methyl sites for hydroxylation is 1. The predicted molar refractivity (Wildman–Crippen MR) is 169 cm³/mol. The van der Waals surface area contributed by atoms with Crippen LogP contribution in [-0.2, 0) is 32.1 Å². The molecule has 0 aliphatic carbocycles. The number of carboxylic acid groups (broad SMARTS) is 4. The molecule has 0 atom stereocenters. The zero-order valence-electron chi connectivity index (χ0n) is 25.2. The number of hydrogen-bond donors (Lipinski definition) is 5. The van der Waals surface area contributed by atoms with Gasteiger partial charge in [-0.1, -0.05) is 37.1 Å². The first-order valence-electron chi connectivity index (χ1n) is 14.3. The molecule has 0 radical (unpaired) electrons. The van der Waals surface area contributed by atoms with Crippen LogP contribution in [0.4, 0.5) is 0 Å². The average molecular weight is 649 g/mol. The highest BCUT2D eigenvalue weighted by molar-refractivity contribution is 6.30. The van der Waals surface area contributed by atoms with Crippen LogP contribution in [0.2, 0.25) is 5.02 Å². The maximum absolute atomic E-state index is 9.86. The summed E-state index contributed by atoms with van der Waals surface area (Å²) in [7, 11) is 0. The van der Waals surface area contributed by atoms with Crippen LogP contribution in [-0.4, -0.2) is 98.5 Å².